The van der Waals surface area contributed by atoms with E-state index in [2.05, 4.69) is 11.6 Å². The molecule has 35 heavy (non-hydrogen) atoms. The molecule has 7 heteroatoms. The monoisotopic (exact) mass is 492 g/mol. The van der Waals surface area contributed by atoms with Crippen molar-refractivity contribution in [3.8, 4) is 0 Å². The van der Waals surface area contributed by atoms with Crippen LogP contribution in [0.15, 0.2) is 71.6 Å². The van der Waals surface area contributed by atoms with Gasteiger partial charge >= 0.3 is 5.97 Å². The third-order valence-corrected chi connectivity index (χ3v) is 7.83. The number of nitrogens with zero attached hydrogens (tertiary/aromatic N) is 1. The minimum atomic E-state index is -3.84. The van der Waals surface area contributed by atoms with Crippen molar-refractivity contribution < 1.29 is 18.3 Å². The van der Waals surface area contributed by atoms with Crippen LogP contribution >= 0.6 is 0 Å². The number of unbranched alkanes of at least 4 members (excludes halogenated alkanes) is 1. The van der Waals surface area contributed by atoms with Gasteiger partial charge in [0.25, 0.3) is 10.0 Å². The summed E-state index contributed by atoms with van der Waals surface area (Å²) in [7, 11) is -3.84. The highest BCUT2D eigenvalue weighted by Crippen LogP contribution is 2.29. The van der Waals surface area contributed by atoms with Crippen molar-refractivity contribution in [2.75, 3.05) is 16.2 Å². The number of sulfonamides is 1. The number of rotatable bonds is 10. The molecule has 4 rings (SSSR count). The molecule has 0 radical (unpaired) electrons. The second-order valence-electron chi connectivity index (χ2n) is 9.04. The van der Waals surface area contributed by atoms with Gasteiger partial charge < -0.3 is 10.0 Å². The zero-order valence-electron chi connectivity index (χ0n) is 20.0. The first-order valence-electron chi connectivity index (χ1n) is 12.2. The number of carboxylic acid groups (broad SMARTS) is 1. The van der Waals surface area contributed by atoms with Gasteiger partial charge in [0.1, 0.15) is 0 Å². The first kappa shape index (κ1) is 24.8. The number of fused-ring (bicyclic) bond motifs is 1. The summed E-state index contributed by atoms with van der Waals surface area (Å²) in [5, 5.41) is 9.97. The Morgan fingerprint density at radius 1 is 0.971 bits per heavy atom. The number of carboxylic acids is 1. The van der Waals surface area contributed by atoms with E-state index in [1.165, 1.54) is 11.6 Å². The van der Waals surface area contributed by atoms with Crippen molar-refractivity contribution in [2.45, 2.75) is 56.9 Å². The molecule has 0 fully saturated rings. The maximum atomic E-state index is 13.1. The molecule has 184 valence electrons. The molecular weight excluding hydrogens is 460 g/mol. The van der Waals surface area contributed by atoms with E-state index in [4.69, 9.17) is 0 Å². The molecule has 0 spiro atoms. The quantitative estimate of drug-likeness (QED) is 0.370. The van der Waals surface area contributed by atoms with Gasteiger partial charge in [-0.2, -0.15) is 0 Å². The number of benzene rings is 3. The largest absolute Gasteiger partial charge is 0.478 e. The van der Waals surface area contributed by atoms with Gasteiger partial charge in [0, 0.05) is 18.8 Å². The predicted molar refractivity (Wildman–Crippen MR) is 140 cm³/mol. The lowest BCUT2D eigenvalue weighted by molar-refractivity contribution is 0.0697. The summed E-state index contributed by atoms with van der Waals surface area (Å²) >= 11 is 0. The molecular formula is C28H32N2O4S. The summed E-state index contributed by atoms with van der Waals surface area (Å²) in [4.78, 5) is 14.4. The molecule has 0 atom stereocenters. The maximum absolute atomic E-state index is 13.1. The van der Waals surface area contributed by atoms with E-state index in [1.54, 1.807) is 24.3 Å². The lowest BCUT2D eigenvalue weighted by Gasteiger charge is -2.27. The molecule has 6 nitrogen and oxygen atoms in total. The minimum absolute atomic E-state index is 0.0719. The highest BCUT2D eigenvalue weighted by atomic mass is 32.2. The summed E-state index contributed by atoms with van der Waals surface area (Å²) < 4.78 is 28.8. The Bertz CT molecular complexity index is 1290. The van der Waals surface area contributed by atoms with E-state index in [9.17, 15) is 18.3 Å². The molecule has 1 aliphatic rings. The van der Waals surface area contributed by atoms with Crippen LogP contribution < -0.4 is 9.62 Å². The number of nitrogens with one attached hydrogen (secondary N) is 1. The van der Waals surface area contributed by atoms with Crippen LogP contribution in [0, 0.1) is 0 Å². The SMILES string of the molecule is CCCCN(Cc1ccccc1)c1ccc(NS(=O)(=O)c2ccc3c(c2)CCCC3)cc1C(=O)O. The fourth-order valence-electron chi connectivity index (χ4n) is 4.58. The Morgan fingerprint density at radius 3 is 2.43 bits per heavy atom. The summed E-state index contributed by atoms with van der Waals surface area (Å²) in [5.41, 5.74) is 4.25. The van der Waals surface area contributed by atoms with Crippen molar-refractivity contribution in [3.63, 3.8) is 0 Å². The molecule has 0 aromatic heterocycles. The number of aryl methyl sites for hydroxylation is 2. The first-order valence-corrected chi connectivity index (χ1v) is 13.7. The van der Waals surface area contributed by atoms with E-state index < -0.39 is 16.0 Å². The molecule has 0 unspecified atom stereocenters. The first-order chi connectivity index (χ1) is 16.9. The van der Waals surface area contributed by atoms with E-state index >= 15 is 0 Å². The number of hydrogen-bond donors (Lipinski definition) is 2. The molecule has 0 saturated heterocycles. The summed E-state index contributed by atoms with van der Waals surface area (Å²) in [6.45, 7) is 3.37. The number of hydrogen-bond acceptors (Lipinski definition) is 4. The third-order valence-electron chi connectivity index (χ3n) is 6.45. The lowest BCUT2D eigenvalue weighted by atomic mass is 9.92. The maximum Gasteiger partial charge on any atom is 0.337 e. The second-order valence-corrected chi connectivity index (χ2v) is 10.7. The Morgan fingerprint density at radius 2 is 1.71 bits per heavy atom. The predicted octanol–water partition coefficient (Wildman–Crippen LogP) is 5.87. The van der Waals surface area contributed by atoms with Crippen molar-refractivity contribution in [1.29, 1.82) is 0 Å². The number of carbonyl (C=O) groups is 1. The Balaban J connectivity index is 1.62. The van der Waals surface area contributed by atoms with Crippen LogP contribution in [0.4, 0.5) is 11.4 Å². The van der Waals surface area contributed by atoms with Crippen molar-refractivity contribution >= 4 is 27.4 Å². The van der Waals surface area contributed by atoms with E-state index in [0.717, 1.165) is 49.7 Å². The van der Waals surface area contributed by atoms with Crippen LogP contribution in [0.2, 0.25) is 0 Å². The second kappa shape index (κ2) is 11.0. The third kappa shape index (κ3) is 6.03. The van der Waals surface area contributed by atoms with Crippen LogP contribution in [0.1, 0.15) is 59.7 Å². The standard InChI is InChI=1S/C28H32N2O4S/c1-2-3-17-30(20-21-9-5-4-6-10-21)27-16-14-24(19-26(27)28(31)32)29-35(33,34)25-15-13-22-11-7-8-12-23(22)18-25/h4-6,9-10,13-16,18-19,29H,2-3,7-8,11-12,17,20H2,1H3,(H,31,32). The lowest BCUT2D eigenvalue weighted by Crippen LogP contribution is -2.26. The van der Waals surface area contributed by atoms with Crippen molar-refractivity contribution in [2.24, 2.45) is 0 Å². The topological polar surface area (TPSA) is 86.7 Å². The van der Waals surface area contributed by atoms with E-state index in [0.29, 0.717) is 18.8 Å². The zero-order chi connectivity index (χ0) is 24.8. The minimum Gasteiger partial charge on any atom is -0.478 e. The molecule has 0 saturated carbocycles. The normalized spacial score (nSPS) is 13.2. The summed E-state index contributed by atoms with van der Waals surface area (Å²) in [6.07, 6.45) is 5.94. The van der Waals surface area contributed by atoms with Crippen LogP contribution in [0.3, 0.4) is 0 Å². The van der Waals surface area contributed by atoms with E-state index in [1.807, 2.05) is 41.3 Å². The van der Waals surface area contributed by atoms with Crippen LogP contribution in [-0.4, -0.2) is 26.0 Å². The molecule has 0 bridgehead atoms. The molecule has 2 N–H and O–H groups in total. The Labute approximate surface area is 207 Å². The molecule has 3 aromatic carbocycles. The molecule has 3 aromatic rings. The zero-order valence-corrected chi connectivity index (χ0v) is 20.9. The van der Waals surface area contributed by atoms with Gasteiger partial charge in [0.05, 0.1) is 16.1 Å². The fraction of sp³-hybridized carbons (Fsp3) is 0.321. The van der Waals surface area contributed by atoms with Crippen LogP contribution in [0.25, 0.3) is 0 Å². The molecule has 0 aliphatic heterocycles. The Hall–Kier alpha value is -3.32. The van der Waals surface area contributed by atoms with Crippen molar-refractivity contribution in [3.05, 3.63) is 89.0 Å². The fourth-order valence-corrected chi connectivity index (χ4v) is 5.67. The summed E-state index contributed by atoms with van der Waals surface area (Å²) in [6, 6.07) is 19.9. The van der Waals surface area contributed by atoms with E-state index in [-0.39, 0.29) is 16.1 Å². The van der Waals surface area contributed by atoms with Crippen molar-refractivity contribution in [1.82, 2.24) is 0 Å². The van der Waals surface area contributed by atoms with Gasteiger partial charge in [0.15, 0.2) is 0 Å². The molecule has 0 amide bonds. The van der Waals surface area contributed by atoms with Gasteiger partial charge in [-0.3, -0.25) is 4.72 Å². The van der Waals surface area contributed by atoms with Gasteiger partial charge in [-0.15, -0.1) is 0 Å². The molecule has 1 aliphatic carbocycles. The van der Waals surface area contributed by atoms with Gasteiger partial charge in [-0.05, 0) is 79.1 Å². The number of aromatic carboxylic acids is 1. The van der Waals surface area contributed by atoms with Crippen LogP contribution in [0.5, 0.6) is 0 Å². The van der Waals surface area contributed by atoms with Gasteiger partial charge in [-0.1, -0.05) is 49.7 Å². The van der Waals surface area contributed by atoms with Gasteiger partial charge in [0.2, 0.25) is 0 Å². The number of anilines is 2. The Kier molecular flexibility index (Phi) is 7.76. The van der Waals surface area contributed by atoms with Crippen LogP contribution in [-0.2, 0) is 29.4 Å². The van der Waals surface area contributed by atoms with Gasteiger partial charge in [-0.25, -0.2) is 13.2 Å². The highest BCUT2D eigenvalue weighted by Gasteiger charge is 2.21. The average molecular weight is 493 g/mol. The molecule has 0 heterocycles. The summed E-state index contributed by atoms with van der Waals surface area (Å²) in [5.74, 6) is -1.09. The smallest absolute Gasteiger partial charge is 0.337 e. The highest BCUT2D eigenvalue weighted by molar-refractivity contribution is 7.92. The average Bonchev–Trinajstić information content (AvgIpc) is 2.86.